The van der Waals surface area contributed by atoms with Crippen LogP contribution in [0.15, 0.2) is 10.7 Å². The van der Waals surface area contributed by atoms with Crippen molar-refractivity contribution >= 4 is 27.5 Å². The van der Waals surface area contributed by atoms with Gasteiger partial charge in [0.25, 0.3) is 6.43 Å². The minimum Gasteiger partial charge on any atom is -0.254 e. The van der Waals surface area contributed by atoms with Gasteiger partial charge in [-0.15, -0.1) is 11.6 Å². The molecule has 0 aliphatic carbocycles. The van der Waals surface area contributed by atoms with E-state index >= 15 is 0 Å². The number of aromatic nitrogens is 1. The largest absolute Gasteiger partial charge is 0.280 e. The normalized spacial score (nSPS) is 10.4. The second-order valence-electron chi connectivity index (χ2n) is 2.72. The van der Waals surface area contributed by atoms with Crippen molar-refractivity contribution < 1.29 is 8.78 Å². The van der Waals surface area contributed by atoms with Crippen molar-refractivity contribution in [2.45, 2.75) is 18.7 Å². The summed E-state index contributed by atoms with van der Waals surface area (Å²) in [6.07, 6.45) is -1.53. The zero-order chi connectivity index (χ0) is 11.4. The van der Waals surface area contributed by atoms with Crippen LogP contribution in [0.2, 0.25) is 0 Å². The van der Waals surface area contributed by atoms with Gasteiger partial charge in [0.05, 0.1) is 12.5 Å². The molecule has 1 rings (SSSR count). The minimum absolute atomic E-state index is 0.0693. The average Bonchev–Trinajstić information content (AvgIpc) is 2.18. The van der Waals surface area contributed by atoms with Crippen molar-refractivity contribution in [3.05, 3.63) is 27.5 Å². The van der Waals surface area contributed by atoms with Crippen molar-refractivity contribution in [1.29, 1.82) is 5.26 Å². The van der Waals surface area contributed by atoms with Crippen LogP contribution in [0.3, 0.4) is 0 Å². The summed E-state index contributed by atoms with van der Waals surface area (Å²) in [4.78, 5) is 3.60. The summed E-state index contributed by atoms with van der Waals surface area (Å²) in [5.41, 5.74) is 0.357. The summed E-state index contributed by atoms with van der Waals surface area (Å²) in [6, 6.07) is 1.83. The van der Waals surface area contributed by atoms with E-state index in [9.17, 15) is 8.78 Å². The standard InChI is InChI=1S/C9H6BrClF2N2/c10-7-4-15-8(9(12)13)5(1-2-14)6(7)3-11/h4,9H,1,3H2. The topological polar surface area (TPSA) is 36.7 Å². The molecular formula is C9H6BrClF2N2. The lowest BCUT2D eigenvalue weighted by molar-refractivity contribution is 0.145. The number of hydrogen-bond acceptors (Lipinski definition) is 2. The third kappa shape index (κ3) is 2.64. The molecule has 0 aromatic carbocycles. The van der Waals surface area contributed by atoms with E-state index in [-0.39, 0.29) is 23.6 Å². The lowest BCUT2D eigenvalue weighted by Crippen LogP contribution is -2.03. The van der Waals surface area contributed by atoms with Crippen LogP contribution >= 0.6 is 27.5 Å². The molecule has 0 fully saturated rings. The van der Waals surface area contributed by atoms with Gasteiger partial charge in [0, 0.05) is 16.5 Å². The molecule has 6 heteroatoms. The van der Waals surface area contributed by atoms with E-state index < -0.39 is 6.43 Å². The van der Waals surface area contributed by atoms with Gasteiger partial charge >= 0.3 is 0 Å². The van der Waals surface area contributed by atoms with Crippen molar-refractivity contribution in [1.82, 2.24) is 4.98 Å². The quantitative estimate of drug-likeness (QED) is 0.799. The summed E-state index contributed by atoms with van der Waals surface area (Å²) >= 11 is 8.80. The number of nitrogens with zero attached hydrogens (tertiary/aromatic N) is 2. The Kier molecular flexibility index (Phi) is 4.43. The molecule has 80 valence electrons. The van der Waals surface area contributed by atoms with Crippen LogP contribution in [0.25, 0.3) is 0 Å². The highest BCUT2D eigenvalue weighted by Crippen LogP contribution is 2.29. The predicted octanol–water partition coefficient (Wildman–Crippen LogP) is 3.59. The number of nitriles is 1. The molecule has 0 N–H and O–H groups in total. The maximum Gasteiger partial charge on any atom is 0.280 e. The second kappa shape index (κ2) is 5.38. The van der Waals surface area contributed by atoms with Crippen LogP contribution in [-0.4, -0.2) is 4.98 Å². The Labute approximate surface area is 99.0 Å². The maximum absolute atomic E-state index is 12.6. The van der Waals surface area contributed by atoms with Crippen LogP contribution in [0.5, 0.6) is 0 Å². The van der Waals surface area contributed by atoms with Crippen LogP contribution in [0.1, 0.15) is 23.2 Å². The molecule has 0 saturated carbocycles. The zero-order valence-corrected chi connectivity index (χ0v) is 9.82. The first kappa shape index (κ1) is 12.3. The highest BCUT2D eigenvalue weighted by Gasteiger charge is 2.19. The predicted molar refractivity (Wildman–Crippen MR) is 55.8 cm³/mol. The Bertz CT molecular complexity index is 404. The van der Waals surface area contributed by atoms with E-state index in [1.807, 2.05) is 6.07 Å². The molecule has 0 amide bonds. The first-order valence-corrected chi connectivity index (χ1v) is 5.31. The molecule has 0 atom stereocenters. The molecule has 0 unspecified atom stereocenters. The van der Waals surface area contributed by atoms with Crippen LogP contribution < -0.4 is 0 Å². The highest BCUT2D eigenvalue weighted by atomic mass is 79.9. The summed E-state index contributed by atoms with van der Waals surface area (Å²) in [7, 11) is 0. The summed E-state index contributed by atoms with van der Waals surface area (Å²) < 4.78 is 25.7. The van der Waals surface area contributed by atoms with Crippen molar-refractivity contribution in [2.24, 2.45) is 0 Å². The molecule has 15 heavy (non-hydrogen) atoms. The lowest BCUT2D eigenvalue weighted by atomic mass is 10.1. The average molecular weight is 296 g/mol. The summed E-state index contributed by atoms with van der Waals surface area (Å²) in [5.74, 6) is 0.0693. The van der Waals surface area contributed by atoms with Gasteiger partial charge in [0.2, 0.25) is 0 Å². The molecule has 1 heterocycles. The Morgan fingerprint density at radius 3 is 2.67 bits per heavy atom. The number of pyridine rings is 1. The number of rotatable bonds is 3. The molecule has 0 saturated heterocycles. The highest BCUT2D eigenvalue weighted by molar-refractivity contribution is 9.10. The maximum atomic E-state index is 12.6. The Balaban J connectivity index is 3.36. The molecule has 2 nitrogen and oxygen atoms in total. The van der Waals surface area contributed by atoms with Gasteiger partial charge in [0.15, 0.2) is 0 Å². The summed E-state index contributed by atoms with van der Waals surface area (Å²) in [6.45, 7) is 0. The van der Waals surface area contributed by atoms with E-state index in [0.29, 0.717) is 10.0 Å². The first-order chi connectivity index (χ1) is 7.11. The molecule has 0 aliphatic rings. The van der Waals surface area contributed by atoms with Crippen molar-refractivity contribution in [2.75, 3.05) is 0 Å². The van der Waals surface area contributed by atoms with Gasteiger partial charge in [0.1, 0.15) is 5.69 Å². The molecule has 0 bridgehead atoms. The van der Waals surface area contributed by atoms with Gasteiger partial charge in [-0.3, -0.25) is 4.98 Å². The molecule has 0 radical (unpaired) electrons. The Morgan fingerprint density at radius 1 is 1.53 bits per heavy atom. The van der Waals surface area contributed by atoms with Gasteiger partial charge < -0.3 is 0 Å². The van der Waals surface area contributed by atoms with E-state index in [0.717, 1.165) is 0 Å². The number of halogens is 4. The summed E-state index contributed by atoms with van der Waals surface area (Å²) in [5, 5.41) is 8.56. The van der Waals surface area contributed by atoms with Crippen LogP contribution in [0.4, 0.5) is 8.78 Å². The fourth-order valence-electron chi connectivity index (χ4n) is 1.19. The lowest BCUT2D eigenvalue weighted by Gasteiger charge is -2.10. The third-order valence-corrected chi connectivity index (χ3v) is 2.83. The van der Waals surface area contributed by atoms with Gasteiger partial charge in [-0.2, -0.15) is 5.26 Å². The smallest absolute Gasteiger partial charge is 0.254 e. The van der Waals surface area contributed by atoms with E-state index in [2.05, 4.69) is 20.9 Å². The van der Waals surface area contributed by atoms with Crippen LogP contribution in [0, 0.1) is 11.3 Å². The molecule has 0 aliphatic heterocycles. The fraction of sp³-hybridized carbons (Fsp3) is 0.333. The third-order valence-electron chi connectivity index (χ3n) is 1.87. The SMILES string of the molecule is N#CCc1c(C(F)F)ncc(Br)c1CCl. The minimum atomic E-state index is -2.69. The molecule has 1 aromatic heterocycles. The van der Waals surface area contributed by atoms with Gasteiger partial charge in [-0.1, -0.05) is 0 Å². The van der Waals surface area contributed by atoms with E-state index in [1.54, 1.807) is 0 Å². The number of hydrogen-bond donors (Lipinski definition) is 0. The van der Waals surface area contributed by atoms with E-state index in [1.165, 1.54) is 6.20 Å². The zero-order valence-electron chi connectivity index (χ0n) is 7.48. The van der Waals surface area contributed by atoms with Gasteiger partial charge in [-0.05, 0) is 27.1 Å². The van der Waals surface area contributed by atoms with Gasteiger partial charge in [-0.25, -0.2) is 8.78 Å². The monoisotopic (exact) mass is 294 g/mol. The van der Waals surface area contributed by atoms with Crippen molar-refractivity contribution in [3.8, 4) is 6.07 Å². The van der Waals surface area contributed by atoms with E-state index in [4.69, 9.17) is 16.9 Å². The second-order valence-corrected chi connectivity index (χ2v) is 3.84. The molecule has 1 aromatic rings. The van der Waals surface area contributed by atoms with Crippen LogP contribution in [-0.2, 0) is 12.3 Å². The van der Waals surface area contributed by atoms with Crippen molar-refractivity contribution in [3.63, 3.8) is 0 Å². The Hall–Kier alpha value is -0.730. The fourth-order valence-corrected chi connectivity index (χ4v) is 2.14. The molecular weight excluding hydrogens is 289 g/mol. The number of alkyl halides is 3. The molecule has 0 spiro atoms. The Morgan fingerprint density at radius 2 is 2.20 bits per heavy atom. The first-order valence-electron chi connectivity index (χ1n) is 3.99.